The maximum Gasteiger partial charge on any atom is 0.201 e. The zero-order valence-corrected chi connectivity index (χ0v) is 16.6. The quantitative estimate of drug-likeness (QED) is 0.494. The molecule has 2 nitrogen and oxygen atoms in total. The monoisotopic (exact) mass is 386 g/mol. The fourth-order valence-electron chi connectivity index (χ4n) is 3.71. The number of aryl methyl sites for hydroxylation is 1. The summed E-state index contributed by atoms with van der Waals surface area (Å²) in [5.41, 5.74) is 2.97. The van der Waals surface area contributed by atoms with Gasteiger partial charge in [-0.15, -0.1) is 0 Å². The molecule has 2 aromatic rings. The molecule has 1 aliphatic rings. The summed E-state index contributed by atoms with van der Waals surface area (Å²) in [6, 6.07) is 11.9. The van der Waals surface area contributed by atoms with Crippen LogP contribution in [0.5, 0.6) is 5.75 Å². The Hall–Kier alpha value is -2.20. The topological polar surface area (TPSA) is 18.5 Å². The number of benzene rings is 2. The summed E-state index contributed by atoms with van der Waals surface area (Å²) in [6.07, 6.45) is 8.07. The van der Waals surface area contributed by atoms with E-state index < -0.39 is 11.6 Å². The zero-order valence-electron chi connectivity index (χ0n) is 16.6. The summed E-state index contributed by atoms with van der Waals surface area (Å²) >= 11 is 0. The second kappa shape index (κ2) is 9.83. The summed E-state index contributed by atoms with van der Waals surface area (Å²) in [5.74, 6) is -1.43. The van der Waals surface area contributed by atoms with Gasteiger partial charge in [0.15, 0.2) is 11.6 Å². The molecule has 0 saturated heterocycles. The van der Waals surface area contributed by atoms with Gasteiger partial charge in [0.25, 0.3) is 0 Å². The number of hydrogen-bond donors (Lipinski definition) is 0. The molecule has 0 heterocycles. The van der Waals surface area contributed by atoms with Crippen LogP contribution in [0.15, 0.2) is 48.7 Å². The summed E-state index contributed by atoms with van der Waals surface area (Å²) in [4.78, 5) is 0. The van der Waals surface area contributed by atoms with E-state index in [0.717, 1.165) is 32.1 Å². The summed E-state index contributed by atoms with van der Waals surface area (Å²) in [5, 5.41) is 0. The van der Waals surface area contributed by atoms with Crippen molar-refractivity contribution in [2.24, 2.45) is 0 Å². The van der Waals surface area contributed by atoms with Crippen LogP contribution in [0.2, 0.25) is 0 Å². The van der Waals surface area contributed by atoms with Gasteiger partial charge >= 0.3 is 0 Å². The second-order valence-electron chi connectivity index (χ2n) is 7.32. The van der Waals surface area contributed by atoms with Crippen molar-refractivity contribution in [1.29, 1.82) is 0 Å². The van der Waals surface area contributed by atoms with Crippen LogP contribution in [0.4, 0.5) is 8.78 Å². The first-order valence-corrected chi connectivity index (χ1v) is 10.1. The Labute approximate surface area is 166 Å². The molecule has 0 bridgehead atoms. The lowest BCUT2D eigenvalue weighted by Crippen LogP contribution is -2.21. The SMILES string of the molecule is CC=COc1ccc(COC2CCC(c3ccc(CC)cc3)CC2)c(F)c1F. The largest absolute Gasteiger partial charge is 0.462 e. The third kappa shape index (κ3) is 4.99. The average molecular weight is 386 g/mol. The number of allylic oxidation sites excluding steroid dienone is 1. The van der Waals surface area contributed by atoms with Gasteiger partial charge in [0.05, 0.1) is 19.0 Å². The molecule has 2 aromatic carbocycles. The highest BCUT2D eigenvalue weighted by Gasteiger charge is 2.23. The Morgan fingerprint density at radius 1 is 0.964 bits per heavy atom. The van der Waals surface area contributed by atoms with Crippen molar-refractivity contribution in [3.63, 3.8) is 0 Å². The molecule has 1 fully saturated rings. The summed E-state index contributed by atoms with van der Waals surface area (Å²) in [6.45, 7) is 3.98. The Kier molecular flexibility index (Phi) is 7.21. The Bertz CT molecular complexity index is 791. The molecule has 0 atom stereocenters. The smallest absolute Gasteiger partial charge is 0.201 e. The average Bonchev–Trinajstić information content (AvgIpc) is 2.74. The Morgan fingerprint density at radius 2 is 1.68 bits per heavy atom. The highest BCUT2D eigenvalue weighted by molar-refractivity contribution is 5.31. The van der Waals surface area contributed by atoms with E-state index in [9.17, 15) is 8.78 Å². The first kappa shape index (κ1) is 20.5. The molecule has 1 saturated carbocycles. The van der Waals surface area contributed by atoms with Gasteiger partial charge in [0.2, 0.25) is 5.82 Å². The third-order valence-corrected chi connectivity index (χ3v) is 5.47. The van der Waals surface area contributed by atoms with Gasteiger partial charge in [0, 0.05) is 5.56 Å². The molecule has 0 unspecified atom stereocenters. The fraction of sp³-hybridized carbons (Fsp3) is 0.417. The van der Waals surface area contributed by atoms with E-state index in [0.29, 0.717) is 5.92 Å². The van der Waals surface area contributed by atoms with Crippen LogP contribution < -0.4 is 4.74 Å². The molecule has 4 heteroatoms. The van der Waals surface area contributed by atoms with Crippen molar-refractivity contribution < 1.29 is 18.3 Å². The molecule has 0 aromatic heterocycles. The number of ether oxygens (including phenoxy) is 2. The van der Waals surface area contributed by atoms with Crippen molar-refractivity contribution in [3.8, 4) is 5.75 Å². The lowest BCUT2D eigenvalue weighted by molar-refractivity contribution is 0.0118. The first-order chi connectivity index (χ1) is 13.6. The molecule has 150 valence electrons. The van der Waals surface area contributed by atoms with Crippen molar-refractivity contribution in [1.82, 2.24) is 0 Å². The standard InChI is InChI=1S/C24H28F2O2/c1-3-15-27-22-14-11-20(23(25)24(22)26)16-28-21-12-9-19(10-13-21)18-7-5-17(4-2)6-8-18/h3,5-8,11,14-15,19,21H,4,9-10,12-13,16H2,1-2H3. The lowest BCUT2D eigenvalue weighted by atomic mass is 9.82. The van der Waals surface area contributed by atoms with Gasteiger partial charge in [0.1, 0.15) is 0 Å². The van der Waals surface area contributed by atoms with E-state index in [1.165, 1.54) is 29.5 Å². The normalized spacial score (nSPS) is 19.9. The van der Waals surface area contributed by atoms with Crippen LogP contribution >= 0.6 is 0 Å². The zero-order chi connectivity index (χ0) is 19.9. The molecule has 0 amide bonds. The minimum Gasteiger partial charge on any atom is -0.462 e. The highest BCUT2D eigenvalue weighted by Crippen LogP contribution is 2.34. The Morgan fingerprint density at radius 3 is 2.32 bits per heavy atom. The predicted octanol–water partition coefficient (Wildman–Crippen LogP) is 6.68. The number of hydrogen-bond acceptors (Lipinski definition) is 2. The molecule has 0 aliphatic heterocycles. The van der Waals surface area contributed by atoms with Crippen LogP contribution in [0.1, 0.15) is 62.1 Å². The summed E-state index contributed by atoms with van der Waals surface area (Å²) < 4.78 is 39.2. The minimum atomic E-state index is -0.974. The number of halogens is 2. The maximum absolute atomic E-state index is 14.2. The van der Waals surface area contributed by atoms with Crippen LogP contribution in [0.25, 0.3) is 0 Å². The van der Waals surface area contributed by atoms with Crippen molar-refractivity contribution in [2.75, 3.05) is 0 Å². The van der Waals surface area contributed by atoms with Gasteiger partial charge in [-0.3, -0.25) is 0 Å². The van der Waals surface area contributed by atoms with Gasteiger partial charge in [-0.1, -0.05) is 37.3 Å². The van der Waals surface area contributed by atoms with Gasteiger partial charge in [-0.05, 0) is 68.2 Å². The second-order valence-corrected chi connectivity index (χ2v) is 7.32. The fourth-order valence-corrected chi connectivity index (χ4v) is 3.71. The van der Waals surface area contributed by atoms with Gasteiger partial charge in [-0.2, -0.15) is 4.39 Å². The van der Waals surface area contributed by atoms with E-state index >= 15 is 0 Å². The van der Waals surface area contributed by atoms with Gasteiger partial charge < -0.3 is 9.47 Å². The van der Waals surface area contributed by atoms with Crippen LogP contribution in [-0.2, 0) is 17.8 Å². The van der Waals surface area contributed by atoms with Crippen molar-refractivity contribution in [2.45, 2.75) is 64.6 Å². The van der Waals surface area contributed by atoms with Gasteiger partial charge in [-0.25, -0.2) is 4.39 Å². The molecule has 0 N–H and O–H groups in total. The Balaban J connectivity index is 1.52. The molecular weight excluding hydrogens is 358 g/mol. The molecule has 0 spiro atoms. The van der Waals surface area contributed by atoms with Crippen LogP contribution in [0, 0.1) is 11.6 Å². The van der Waals surface area contributed by atoms with E-state index in [1.54, 1.807) is 13.0 Å². The van der Waals surface area contributed by atoms with E-state index in [1.807, 2.05) is 0 Å². The molecular formula is C24H28F2O2. The molecule has 3 rings (SSSR count). The first-order valence-electron chi connectivity index (χ1n) is 10.1. The van der Waals surface area contributed by atoms with E-state index in [4.69, 9.17) is 9.47 Å². The van der Waals surface area contributed by atoms with Crippen LogP contribution in [0.3, 0.4) is 0 Å². The predicted molar refractivity (Wildman–Crippen MR) is 107 cm³/mol. The van der Waals surface area contributed by atoms with Crippen LogP contribution in [-0.4, -0.2) is 6.10 Å². The van der Waals surface area contributed by atoms with Crippen molar-refractivity contribution in [3.05, 3.63) is 77.1 Å². The third-order valence-electron chi connectivity index (χ3n) is 5.47. The minimum absolute atomic E-state index is 0.0766. The molecule has 0 radical (unpaired) electrons. The molecule has 1 aliphatic carbocycles. The highest BCUT2D eigenvalue weighted by atomic mass is 19.2. The molecule has 28 heavy (non-hydrogen) atoms. The maximum atomic E-state index is 14.2. The lowest BCUT2D eigenvalue weighted by Gasteiger charge is -2.29. The number of rotatable bonds is 7. The van der Waals surface area contributed by atoms with E-state index in [-0.39, 0.29) is 24.0 Å². The van der Waals surface area contributed by atoms with Crippen molar-refractivity contribution >= 4 is 0 Å². The summed E-state index contributed by atoms with van der Waals surface area (Å²) in [7, 11) is 0. The van der Waals surface area contributed by atoms with E-state index in [2.05, 4.69) is 31.2 Å².